The number of nitrogens with zero attached hydrogens (tertiary/aromatic N) is 2. The first-order chi connectivity index (χ1) is 10.0. The highest BCUT2D eigenvalue weighted by atomic mass is 79.9. The van der Waals surface area contributed by atoms with Crippen LogP contribution in [0.25, 0.3) is 0 Å². The van der Waals surface area contributed by atoms with Crippen LogP contribution in [0.1, 0.15) is 11.1 Å². The summed E-state index contributed by atoms with van der Waals surface area (Å²) in [5, 5.41) is 22.8. The highest BCUT2D eigenvalue weighted by molar-refractivity contribution is 9.10. The number of nitro groups is 1. The van der Waals surface area contributed by atoms with Crippen LogP contribution in [0.15, 0.2) is 40.9 Å². The summed E-state index contributed by atoms with van der Waals surface area (Å²) in [6, 6.07) is 10.2. The van der Waals surface area contributed by atoms with Gasteiger partial charge in [0.15, 0.2) is 0 Å². The molecule has 2 aromatic rings. The standard InChI is InChI=1S/C14H9BrFN3O2/c15-11-1-4-14(19(20)21)10(5-11)8-18-13-3-2-12(16)6-9(13)7-17/h1-6,18H,8H2. The zero-order valence-corrected chi connectivity index (χ0v) is 12.2. The van der Waals surface area contributed by atoms with Crippen LogP contribution in [-0.4, -0.2) is 4.92 Å². The molecule has 2 rings (SSSR count). The van der Waals surface area contributed by atoms with Crippen molar-refractivity contribution in [2.24, 2.45) is 0 Å². The second-order valence-corrected chi connectivity index (χ2v) is 5.10. The van der Waals surface area contributed by atoms with Gasteiger partial charge in [0.1, 0.15) is 11.9 Å². The molecule has 0 aromatic heterocycles. The van der Waals surface area contributed by atoms with Gasteiger partial charge in [0.05, 0.1) is 16.2 Å². The molecule has 106 valence electrons. The lowest BCUT2D eigenvalue weighted by molar-refractivity contribution is -0.385. The fourth-order valence-corrected chi connectivity index (χ4v) is 2.24. The maximum Gasteiger partial charge on any atom is 0.274 e. The fraction of sp³-hybridized carbons (Fsp3) is 0.0714. The summed E-state index contributed by atoms with van der Waals surface area (Å²) in [6.07, 6.45) is 0. The van der Waals surface area contributed by atoms with Gasteiger partial charge in [-0.15, -0.1) is 0 Å². The zero-order chi connectivity index (χ0) is 15.4. The molecular formula is C14H9BrFN3O2. The molecule has 0 bridgehead atoms. The van der Waals surface area contributed by atoms with E-state index < -0.39 is 10.7 Å². The van der Waals surface area contributed by atoms with Crippen LogP contribution in [0.4, 0.5) is 15.8 Å². The average Bonchev–Trinajstić information content (AvgIpc) is 2.45. The van der Waals surface area contributed by atoms with Gasteiger partial charge in [0, 0.05) is 22.6 Å². The molecule has 0 atom stereocenters. The second-order valence-electron chi connectivity index (χ2n) is 4.19. The van der Waals surface area contributed by atoms with E-state index in [1.807, 2.05) is 6.07 Å². The van der Waals surface area contributed by atoms with E-state index in [4.69, 9.17) is 5.26 Å². The number of benzene rings is 2. The molecule has 0 aliphatic rings. The summed E-state index contributed by atoms with van der Waals surface area (Å²) in [5.74, 6) is -0.509. The van der Waals surface area contributed by atoms with Crippen molar-refractivity contribution >= 4 is 27.3 Å². The van der Waals surface area contributed by atoms with Crippen LogP contribution >= 0.6 is 15.9 Å². The molecule has 0 heterocycles. The van der Waals surface area contributed by atoms with Crippen molar-refractivity contribution in [3.8, 4) is 6.07 Å². The molecule has 0 unspecified atom stereocenters. The van der Waals surface area contributed by atoms with E-state index in [9.17, 15) is 14.5 Å². The lowest BCUT2D eigenvalue weighted by Crippen LogP contribution is -2.04. The van der Waals surface area contributed by atoms with Gasteiger partial charge in [0.25, 0.3) is 5.69 Å². The van der Waals surface area contributed by atoms with Crippen molar-refractivity contribution in [3.63, 3.8) is 0 Å². The Kier molecular flexibility index (Phi) is 4.50. The molecule has 0 spiro atoms. The quantitative estimate of drug-likeness (QED) is 0.668. The number of nitriles is 1. The maximum atomic E-state index is 13.0. The number of anilines is 1. The first-order valence-corrected chi connectivity index (χ1v) is 6.67. The van der Waals surface area contributed by atoms with Crippen LogP contribution in [-0.2, 0) is 6.54 Å². The minimum atomic E-state index is -0.509. The predicted molar refractivity (Wildman–Crippen MR) is 79.2 cm³/mol. The van der Waals surface area contributed by atoms with E-state index in [0.717, 1.165) is 6.07 Å². The Bertz CT molecular complexity index is 743. The number of halogens is 2. The van der Waals surface area contributed by atoms with Crippen molar-refractivity contribution in [2.75, 3.05) is 5.32 Å². The Balaban J connectivity index is 2.27. The molecule has 21 heavy (non-hydrogen) atoms. The molecule has 0 amide bonds. The summed E-state index contributed by atoms with van der Waals surface area (Å²) in [4.78, 5) is 10.5. The number of hydrogen-bond acceptors (Lipinski definition) is 4. The Morgan fingerprint density at radius 2 is 2.10 bits per heavy atom. The Morgan fingerprint density at radius 1 is 1.33 bits per heavy atom. The van der Waals surface area contributed by atoms with Crippen molar-refractivity contribution in [2.45, 2.75) is 6.54 Å². The van der Waals surface area contributed by atoms with Gasteiger partial charge >= 0.3 is 0 Å². The first kappa shape index (κ1) is 14.9. The lowest BCUT2D eigenvalue weighted by atomic mass is 10.1. The van der Waals surface area contributed by atoms with Crippen LogP contribution in [0.3, 0.4) is 0 Å². The summed E-state index contributed by atoms with van der Waals surface area (Å²) in [7, 11) is 0. The minimum Gasteiger partial charge on any atom is -0.380 e. The fourth-order valence-electron chi connectivity index (χ4n) is 1.83. The molecule has 0 saturated carbocycles. The molecule has 0 saturated heterocycles. The van der Waals surface area contributed by atoms with Crippen molar-refractivity contribution in [1.82, 2.24) is 0 Å². The third kappa shape index (κ3) is 3.55. The summed E-state index contributed by atoms with van der Waals surface area (Å²) < 4.78 is 13.8. The van der Waals surface area contributed by atoms with Crippen LogP contribution in [0.2, 0.25) is 0 Å². The summed E-state index contributed by atoms with van der Waals surface area (Å²) >= 11 is 3.26. The molecule has 0 fully saturated rings. The number of hydrogen-bond donors (Lipinski definition) is 1. The first-order valence-electron chi connectivity index (χ1n) is 5.87. The van der Waals surface area contributed by atoms with E-state index in [0.29, 0.717) is 15.7 Å². The van der Waals surface area contributed by atoms with Crippen molar-refractivity contribution in [3.05, 3.63) is 67.9 Å². The van der Waals surface area contributed by atoms with Gasteiger partial charge < -0.3 is 5.32 Å². The third-order valence-corrected chi connectivity index (χ3v) is 3.30. The van der Waals surface area contributed by atoms with Gasteiger partial charge in [0.2, 0.25) is 0 Å². The van der Waals surface area contributed by atoms with Crippen LogP contribution in [0.5, 0.6) is 0 Å². The van der Waals surface area contributed by atoms with E-state index in [1.54, 1.807) is 12.1 Å². The predicted octanol–water partition coefficient (Wildman–Crippen LogP) is 3.98. The Morgan fingerprint density at radius 3 is 2.76 bits per heavy atom. The van der Waals surface area contributed by atoms with E-state index >= 15 is 0 Å². The monoisotopic (exact) mass is 349 g/mol. The van der Waals surface area contributed by atoms with Gasteiger partial charge in [-0.2, -0.15) is 5.26 Å². The van der Waals surface area contributed by atoms with Crippen LogP contribution in [0, 0.1) is 27.3 Å². The molecule has 7 heteroatoms. The minimum absolute atomic E-state index is 0.0219. The maximum absolute atomic E-state index is 13.0. The van der Waals surface area contributed by atoms with E-state index in [1.165, 1.54) is 18.2 Å². The van der Waals surface area contributed by atoms with Crippen molar-refractivity contribution in [1.29, 1.82) is 5.26 Å². The Labute approximate surface area is 128 Å². The molecule has 1 N–H and O–H groups in total. The molecule has 0 radical (unpaired) electrons. The van der Waals surface area contributed by atoms with Crippen molar-refractivity contribution < 1.29 is 9.31 Å². The normalized spacial score (nSPS) is 9.95. The lowest BCUT2D eigenvalue weighted by Gasteiger charge is -2.09. The smallest absolute Gasteiger partial charge is 0.274 e. The molecule has 5 nitrogen and oxygen atoms in total. The number of nitrogens with one attached hydrogen (secondary N) is 1. The summed E-state index contributed by atoms with van der Waals surface area (Å²) in [5.41, 5.74) is 1.01. The van der Waals surface area contributed by atoms with Gasteiger partial charge in [-0.1, -0.05) is 15.9 Å². The topological polar surface area (TPSA) is 79.0 Å². The highest BCUT2D eigenvalue weighted by Crippen LogP contribution is 2.25. The van der Waals surface area contributed by atoms with Gasteiger partial charge in [-0.05, 0) is 30.3 Å². The van der Waals surface area contributed by atoms with Gasteiger partial charge in [-0.3, -0.25) is 10.1 Å². The van der Waals surface area contributed by atoms with Crippen LogP contribution < -0.4 is 5.32 Å². The largest absolute Gasteiger partial charge is 0.380 e. The number of rotatable bonds is 4. The molecule has 0 aliphatic heterocycles. The summed E-state index contributed by atoms with van der Waals surface area (Å²) in [6.45, 7) is 0.149. The molecule has 2 aromatic carbocycles. The second kappa shape index (κ2) is 6.33. The third-order valence-electron chi connectivity index (χ3n) is 2.81. The highest BCUT2D eigenvalue weighted by Gasteiger charge is 2.14. The number of nitro benzene ring substituents is 1. The van der Waals surface area contributed by atoms with E-state index in [2.05, 4.69) is 21.2 Å². The Hall–Kier alpha value is -2.46. The SMILES string of the molecule is N#Cc1cc(F)ccc1NCc1cc(Br)ccc1[N+](=O)[O-]. The zero-order valence-electron chi connectivity index (χ0n) is 10.6. The molecular weight excluding hydrogens is 341 g/mol. The molecule has 0 aliphatic carbocycles. The van der Waals surface area contributed by atoms with Gasteiger partial charge in [-0.25, -0.2) is 4.39 Å². The van der Waals surface area contributed by atoms with E-state index in [-0.39, 0.29) is 17.8 Å². The average molecular weight is 350 g/mol.